The van der Waals surface area contributed by atoms with Crippen LogP contribution < -0.4 is 0 Å². The lowest BCUT2D eigenvalue weighted by molar-refractivity contribution is 0.950. The van der Waals surface area contributed by atoms with E-state index in [1.807, 2.05) is 0 Å². The zero-order valence-electron chi connectivity index (χ0n) is 5.64. The van der Waals surface area contributed by atoms with Gasteiger partial charge < -0.3 is 0 Å². The fraction of sp³-hybridized carbons (Fsp3) is 0.556. The molecule has 0 bridgehead atoms. The molecule has 0 amide bonds. The number of rotatable bonds is 1. The first-order chi connectivity index (χ1) is 4.47. The third kappa shape index (κ3) is 1.07. The molecule has 0 aromatic rings. The van der Waals surface area contributed by atoms with Crippen LogP contribution in [0.2, 0.25) is 0 Å². The summed E-state index contributed by atoms with van der Waals surface area (Å²) in [6.45, 7) is 0. The molecule has 0 aliphatic heterocycles. The van der Waals surface area contributed by atoms with Crippen molar-refractivity contribution in [3.8, 4) is 0 Å². The van der Waals surface area contributed by atoms with E-state index in [0.29, 0.717) is 0 Å². The van der Waals surface area contributed by atoms with Crippen LogP contribution in [-0.2, 0) is 0 Å². The van der Waals surface area contributed by atoms with E-state index in [0.717, 1.165) is 5.92 Å². The highest BCUT2D eigenvalue weighted by atomic mass is 14.3. The largest absolute Gasteiger partial charge is 0.0840 e. The summed E-state index contributed by atoms with van der Waals surface area (Å²) in [6.07, 6.45) is 12.4. The van der Waals surface area contributed by atoms with Crippen LogP contribution in [0, 0.1) is 5.92 Å². The summed E-state index contributed by atoms with van der Waals surface area (Å²) in [7, 11) is 0. The van der Waals surface area contributed by atoms with E-state index in [2.05, 4.69) is 18.2 Å². The van der Waals surface area contributed by atoms with Crippen molar-refractivity contribution in [2.24, 2.45) is 5.92 Å². The van der Waals surface area contributed by atoms with Crippen LogP contribution in [0.15, 0.2) is 23.8 Å². The summed E-state index contributed by atoms with van der Waals surface area (Å²) in [5, 5.41) is 0. The smallest absolute Gasteiger partial charge is 0.0165 e. The third-order valence-corrected chi connectivity index (χ3v) is 2.07. The molecule has 2 rings (SSSR count). The SMILES string of the molecule is C1=CC(C2CC2)=CCC1. The van der Waals surface area contributed by atoms with E-state index in [4.69, 9.17) is 0 Å². The predicted molar refractivity (Wildman–Crippen MR) is 39.2 cm³/mol. The third-order valence-electron chi connectivity index (χ3n) is 2.07. The lowest BCUT2D eigenvalue weighted by Gasteiger charge is -2.02. The van der Waals surface area contributed by atoms with Crippen molar-refractivity contribution in [3.63, 3.8) is 0 Å². The highest BCUT2D eigenvalue weighted by molar-refractivity contribution is 5.27. The molecule has 0 unspecified atom stereocenters. The Bertz CT molecular complexity index is 159. The first kappa shape index (κ1) is 5.28. The van der Waals surface area contributed by atoms with E-state index < -0.39 is 0 Å². The lowest BCUT2D eigenvalue weighted by atomic mass is 10.0. The summed E-state index contributed by atoms with van der Waals surface area (Å²) in [5.74, 6) is 0.960. The zero-order chi connectivity index (χ0) is 6.10. The van der Waals surface area contributed by atoms with Gasteiger partial charge in [-0.05, 0) is 37.2 Å². The van der Waals surface area contributed by atoms with E-state index in [1.54, 1.807) is 5.57 Å². The van der Waals surface area contributed by atoms with E-state index in [1.165, 1.54) is 25.7 Å². The second kappa shape index (κ2) is 2.02. The normalized spacial score (nSPS) is 26.0. The van der Waals surface area contributed by atoms with Crippen LogP contribution in [0.3, 0.4) is 0 Å². The molecule has 0 heterocycles. The molecule has 0 nitrogen and oxygen atoms in total. The van der Waals surface area contributed by atoms with Gasteiger partial charge in [-0.15, -0.1) is 0 Å². The molecule has 0 atom stereocenters. The van der Waals surface area contributed by atoms with Gasteiger partial charge in [0.2, 0.25) is 0 Å². The first-order valence-corrected chi connectivity index (χ1v) is 3.83. The summed E-state index contributed by atoms with van der Waals surface area (Å²) in [5.41, 5.74) is 1.61. The Hall–Kier alpha value is -0.520. The Morgan fingerprint density at radius 1 is 1.22 bits per heavy atom. The number of hydrogen-bond acceptors (Lipinski definition) is 0. The fourth-order valence-corrected chi connectivity index (χ4v) is 1.35. The standard InChI is InChI=1S/C9H12/c1-2-4-8(5-3-1)9-6-7-9/h2,4-5,9H,1,3,6-7H2. The highest BCUT2D eigenvalue weighted by Crippen LogP contribution is 2.38. The van der Waals surface area contributed by atoms with Gasteiger partial charge in [-0.25, -0.2) is 0 Å². The van der Waals surface area contributed by atoms with Crippen molar-refractivity contribution in [2.45, 2.75) is 25.7 Å². The molecule has 0 radical (unpaired) electrons. The van der Waals surface area contributed by atoms with E-state index >= 15 is 0 Å². The van der Waals surface area contributed by atoms with Crippen molar-refractivity contribution >= 4 is 0 Å². The van der Waals surface area contributed by atoms with Crippen molar-refractivity contribution in [1.29, 1.82) is 0 Å². The van der Waals surface area contributed by atoms with Gasteiger partial charge in [-0.3, -0.25) is 0 Å². The Labute approximate surface area is 56.3 Å². The molecule has 0 N–H and O–H groups in total. The Kier molecular flexibility index (Phi) is 1.18. The molecule has 1 fully saturated rings. The predicted octanol–water partition coefficient (Wildman–Crippen LogP) is 2.67. The minimum absolute atomic E-state index is 0.960. The van der Waals surface area contributed by atoms with Crippen LogP contribution in [0.5, 0.6) is 0 Å². The fourth-order valence-electron chi connectivity index (χ4n) is 1.35. The van der Waals surface area contributed by atoms with Gasteiger partial charge >= 0.3 is 0 Å². The highest BCUT2D eigenvalue weighted by Gasteiger charge is 2.24. The zero-order valence-corrected chi connectivity index (χ0v) is 5.64. The molecular formula is C9H12. The maximum atomic E-state index is 2.40. The minimum atomic E-state index is 0.960. The average Bonchev–Trinajstić information content (AvgIpc) is 2.71. The van der Waals surface area contributed by atoms with Gasteiger partial charge in [0.25, 0.3) is 0 Å². The molecule has 9 heavy (non-hydrogen) atoms. The average molecular weight is 120 g/mol. The molecule has 2 aliphatic rings. The quantitative estimate of drug-likeness (QED) is 0.499. The van der Waals surface area contributed by atoms with Crippen LogP contribution in [-0.4, -0.2) is 0 Å². The molecule has 0 heteroatoms. The lowest BCUT2D eigenvalue weighted by Crippen LogP contribution is -1.85. The van der Waals surface area contributed by atoms with Crippen molar-refractivity contribution < 1.29 is 0 Å². The molecular weight excluding hydrogens is 108 g/mol. The van der Waals surface area contributed by atoms with Gasteiger partial charge in [-0.1, -0.05) is 18.2 Å². The number of allylic oxidation sites excluding steroid dienone is 4. The van der Waals surface area contributed by atoms with Gasteiger partial charge in [0.15, 0.2) is 0 Å². The molecule has 0 aromatic heterocycles. The summed E-state index contributed by atoms with van der Waals surface area (Å²) >= 11 is 0. The minimum Gasteiger partial charge on any atom is -0.0840 e. The van der Waals surface area contributed by atoms with Crippen LogP contribution in [0.4, 0.5) is 0 Å². The Balaban J connectivity index is 2.08. The van der Waals surface area contributed by atoms with Crippen LogP contribution in [0.1, 0.15) is 25.7 Å². The molecule has 0 spiro atoms. The van der Waals surface area contributed by atoms with Crippen molar-refractivity contribution in [3.05, 3.63) is 23.8 Å². The topological polar surface area (TPSA) is 0 Å². The van der Waals surface area contributed by atoms with Crippen LogP contribution in [0.25, 0.3) is 0 Å². The van der Waals surface area contributed by atoms with E-state index in [-0.39, 0.29) is 0 Å². The van der Waals surface area contributed by atoms with Gasteiger partial charge in [0, 0.05) is 0 Å². The Morgan fingerprint density at radius 2 is 2.11 bits per heavy atom. The summed E-state index contributed by atoms with van der Waals surface area (Å²) in [4.78, 5) is 0. The van der Waals surface area contributed by atoms with Crippen LogP contribution >= 0.6 is 0 Å². The number of hydrogen-bond donors (Lipinski definition) is 0. The maximum absolute atomic E-state index is 2.40. The molecule has 1 saturated carbocycles. The molecule has 48 valence electrons. The molecule has 0 aromatic carbocycles. The maximum Gasteiger partial charge on any atom is -0.0165 e. The van der Waals surface area contributed by atoms with Crippen molar-refractivity contribution in [1.82, 2.24) is 0 Å². The second-order valence-electron chi connectivity index (χ2n) is 2.96. The molecule has 0 saturated heterocycles. The second-order valence-corrected chi connectivity index (χ2v) is 2.96. The first-order valence-electron chi connectivity index (χ1n) is 3.83. The summed E-state index contributed by atoms with van der Waals surface area (Å²) in [6, 6.07) is 0. The van der Waals surface area contributed by atoms with Gasteiger partial charge in [-0.2, -0.15) is 0 Å². The molecule has 2 aliphatic carbocycles. The summed E-state index contributed by atoms with van der Waals surface area (Å²) < 4.78 is 0. The van der Waals surface area contributed by atoms with E-state index in [9.17, 15) is 0 Å². The Morgan fingerprint density at radius 3 is 2.67 bits per heavy atom. The van der Waals surface area contributed by atoms with Crippen molar-refractivity contribution in [2.75, 3.05) is 0 Å². The van der Waals surface area contributed by atoms with Gasteiger partial charge in [0.1, 0.15) is 0 Å². The van der Waals surface area contributed by atoms with Gasteiger partial charge in [0.05, 0.1) is 0 Å². The monoisotopic (exact) mass is 120 g/mol.